The highest BCUT2D eigenvalue weighted by molar-refractivity contribution is 5.68. The Kier molecular flexibility index (Phi) is 5.50. The van der Waals surface area contributed by atoms with Crippen LogP contribution in [0.3, 0.4) is 0 Å². The van der Waals surface area contributed by atoms with Crippen LogP contribution in [0.5, 0.6) is 0 Å². The third kappa shape index (κ3) is 4.86. The summed E-state index contributed by atoms with van der Waals surface area (Å²) in [5.74, 6) is 1.10. The van der Waals surface area contributed by atoms with Gasteiger partial charge in [0, 0.05) is 38.3 Å². The number of rotatable bonds is 1. The molecule has 5 heteroatoms. The molecule has 1 aromatic rings. The number of aromatic nitrogens is 1. The summed E-state index contributed by atoms with van der Waals surface area (Å²) in [5, 5.41) is 0. The van der Waals surface area contributed by atoms with Crippen LogP contribution in [0, 0.1) is 0 Å². The molecule has 25 heavy (non-hydrogen) atoms. The largest absolute Gasteiger partial charge is 0.444 e. The lowest BCUT2D eigenvalue weighted by Crippen LogP contribution is -2.38. The molecule has 0 atom stereocenters. The van der Waals surface area contributed by atoms with Crippen LogP contribution in [0.4, 0.5) is 10.6 Å². The van der Waals surface area contributed by atoms with Gasteiger partial charge in [-0.25, -0.2) is 9.78 Å². The maximum atomic E-state index is 12.3. The zero-order chi connectivity index (χ0) is 17.9. The second kappa shape index (κ2) is 7.63. The Morgan fingerprint density at radius 2 is 1.68 bits per heavy atom. The fraction of sp³-hybridized carbons (Fsp3) is 0.700. The number of amides is 1. The summed E-state index contributed by atoms with van der Waals surface area (Å²) < 4.78 is 5.52. The van der Waals surface area contributed by atoms with Gasteiger partial charge in [0.2, 0.25) is 0 Å². The molecular formula is C20H31N3O2. The smallest absolute Gasteiger partial charge is 0.410 e. The first-order valence-corrected chi connectivity index (χ1v) is 9.64. The van der Waals surface area contributed by atoms with Crippen molar-refractivity contribution in [2.75, 3.05) is 31.1 Å². The number of fused-ring (bicyclic) bond motifs is 1. The van der Waals surface area contributed by atoms with Gasteiger partial charge < -0.3 is 14.5 Å². The molecule has 3 heterocycles. The van der Waals surface area contributed by atoms with Crippen molar-refractivity contribution in [3.05, 3.63) is 23.4 Å². The zero-order valence-corrected chi connectivity index (χ0v) is 15.9. The Morgan fingerprint density at radius 3 is 2.36 bits per heavy atom. The standard InChI is InChI=1S/C20H31N3O2/c1-20(2,3)25-19(24)23-14-10-16-8-9-18(21-17(16)11-15-23)22-12-6-4-5-7-13-22/h8-9H,4-7,10-15H2,1-3H3. The van der Waals surface area contributed by atoms with Crippen LogP contribution >= 0.6 is 0 Å². The van der Waals surface area contributed by atoms with Gasteiger partial charge in [0.25, 0.3) is 0 Å². The zero-order valence-electron chi connectivity index (χ0n) is 15.9. The number of anilines is 1. The summed E-state index contributed by atoms with van der Waals surface area (Å²) in [4.78, 5) is 21.5. The van der Waals surface area contributed by atoms with Gasteiger partial charge in [-0.2, -0.15) is 0 Å². The van der Waals surface area contributed by atoms with E-state index in [2.05, 4.69) is 17.0 Å². The van der Waals surface area contributed by atoms with Gasteiger partial charge >= 0.3 is 6.09 Å². The van der Waals surface area contributed by atoms with Crippen LogP contribution in [-0.2, 0) is 17.6 Å². The summed E-state index contributed by atoms with van der Waals surface area (Å²) in [6.45, 7) is 9.32. The molecule has 0 aliphatic carbocycles. The molecule has 138 valence electrons. The summed E-state index contributed by atoms with van der Waals surface area (Å²) in [7, 11) is 0. The van der Waals surface area contributed by atoms with Crippen molar-refractivity contribution in [2.24, 2.45) is 0 Å². The first-order chi connectivity index (χ1) is 11.9. The third-order valence-electron chi connectivity index (χ3n) is 4.91. The van der Waals surface area contributed by atoms with E-state index in [1.54, 1.807) is 0 Å². The SMILES string of the molecule is CC(C)(C)OC(=O)N1CCc2ccc(N3CCCCCC3)nc2CC1. The number of hydrogen-bond acceptors (Lipinski definition) is 4. The van der Waals surface area contributed by atoms with Crippen molar-refractivity contribution in [1.82, 2.24) is 9.88 Å². The van der Waals surface area contributed by atoms with Crippen LogP contribution in [-0.4, -0.2) is 47.8 Å². The van der Waals surface area contributed by atoms with E-state index >= 15 is 0 Å². The van der Waals surface area contributed by atoms with Crippen molar-refractivity contribution in [3.63, 3.8) is 0 Å². The molecule has 0 aromatic carbocycles. The molecule has 0 N–H and O–H groups in total. The van der Waals surface area contributed by atoms with Gasteiger partial charge in [-0.05, 0) is 51.7 Å². The van der Waals surface area contributed by atoms with E-state index in [4.69, 9.17) is 9.72 Å². The molecule has 0 bridgehead atoms. The number of hydrogen-bond donors (Lipinski definition) is 0. The van der Waals surface area contributed by atoms with Crippen molar-refractivity contribution in [3.8, 4) is 0 Å². The van der Waals surface area contributed by atoms with Gasteiger partial charge in [0.1, 0.15) is 11.4 Å². The number of nitrogens with zero attached hydrogens (tertiary/aromatic N) is 3. The lowest BCUT2D eigenvalue weighted by Gasteiger charge is -2.26. The molecule has 0 saturated carbocycles. The second-order valence-electron chi connectivity index (χ2n) is 8.14. The average molecular weight is 345 g/mol. The molecule has 2 aliphatic rings. The minimum absolute atomic E-state index is 0.215. The number of ether oxygens (including phenoxy) is 1. The monoisotopic (exact) mass is 345 g/mol. The van der Waals surface area contributed by atoms with Gasteiger partial charge in [-0.1, -0.05) is 18.9 Å². The Morgan fingerprint density at radius 1 is 1.00 bits per heavy atom. The normalized spacial score (nSPS) is 19.0. The van der Waals surface area contributed by atoms with E-state index in [1.807, 2.05) is 25.7 Å². The van der Waals surface area contributed by atoms with Crippen molar-refractivity contribution < 1.29 is 9.53 Å². The lowest BCUT2D eigenvalue weighted by atomic mass is 10.1. The maximum absolute atomic E-state index is 12.3. The molecule has 5 nitrogen and oxygen atoms in total. The summed E-state index contributed by atoms with van der Waals surface area (Å²) in [6, 6.07) is 4.37. The topological polar surface area (TPSA) is 45.7 Å². The first-order valence-electron chi connectivity index (χ1n) is 9.64. The quantitative estimate of drug-likeness (QED) is 0.777. The number of pyridine rings is 1. The maximum Gasteiger partial charge on any atom is 0.410 e. The Balaban J connectivity index is 1.68. The van der Waals surface area contributed by atoms with Crippen LogP contribution in [0.2, 0.25) is 0 Å². The van der Waals surface area contributed by atoms with E-state index in [1.165, 1.54) is 31.2 Å². The Bertz CT molecular complexity index is 601. The molecule has 2 aliphatic heterocycles. The highest BCUT2D eigenvalue weighted by atomic mass is 16.6. The van der Waals surface area contributed by atoms with Gasteiger partial charge in [0.05, 0.1) is 0 Å². The summed E-state index contributed by atoms with van der Waals surface area (Å²) in [6.07, 6.45) is 6.60. The predicted molar refractivity (Wildman–Crippen MR) is 100 cm³/mol. The number of carbonyl (C=O) groups excluding carboxylic acids is 1. The first kappa shape index (κ1) is 18.0. The highest BCUT2D eigenvalue weighted by Crippen LogP contribution is 2.22. The third-order valence-corrected chi connectivity index (χ3v) is 4.91. The second-order valence-corrected chi connectivity index (χ2v) is 8.14. The predicted octanol–water partition coefficient (Wildman–Crippen LogP) is 3.80. The van der Waals surface area contributed by atoms with Crippen LogP contribution < -0.4 is 4.90 Å². The summed E-state index contributed by atoms with van der Waals surface area (Å²) in [5.41, 5.74) is 1.96. The molecule has 1 saturated heterocycles. The molecule has 1 aromatic heterocycles. The van der Waals surface area contributed by atoms with Gasteiger partial charge in [-0.3, -0.25) is 0 Å². The minimum atomic E-state index is -0.450. The van der Waals surface area contributed by atoms with Crippen LogP contribution in [0.25, 0.3) is 0 Å². The lowest BCUT2D eigenvalue weighted by molar-refractivity contribution is 0.0258. The highest BCUT2D eigenvalue weighted by Gasteiger charge is 2.25. The molecular weight excluding hydrogens is 314 g/mol. The van der Waals surface area contributed by atoms with E-state index < -0.39 is 5.60 Å². The molecule has 3 rings (SSSR count). The molecule has 1 amide bonds. The minimum Gasteiger partial charge on any atom is -0.444 e. The Labute approximate surface area is 151 Å². The van der Waals surface area contributed by atoms with Gasteiger partial charge in [-0.15, -0.1) is 0 Å². The van der Waals surface area contributed by atoms with Crippen LogP contribution in [0.15, 0.2) is 12.1 Å². The fourth-order valence-corrected chi connectivity index (χ4v) is 3.56. The molecule has 0 radical (unpaired) electrons. The fourth-order valence-electron chi connectivity index (χ4n) is 3.56. The summed E-state index contributed by atoms with van der Waals surface area (Å²) >= 11 is 0. The van der Waals surface area contributed by atoms with Crippen LogP contribution in [0.1, 0.15) is 57.7 Å². The van der Waals surface area contributed by atoms with E-state index in [0.717, 1.165) is 37.4 Å². The Hall–Kier alpha value is -1.78. The average Bonchev–Trinajstić information content (AvgIpc) is 2.93. The molecule has 0 unspecified atom stereocenters. The van der Waals surface area contributed by atoms with E-state index in [0.29, 0.717) is 13.1 Å². The van der Waals surface area contributed by atoms with Crippen molar-refractivity contribution >= 4 is 11.9 Å². The van der Waals surface area contributed by atoms with E-state index in [-0.39, 0.29) is 6.09 Å². The van der Waals surface area contributed by atoms with Gasteiger partial charge in [0.15, 0.2) is 0 Å². The van der Waals surface area contributed by atoms with Crippen molar-refractivity contribution in [1.29, 1.82) is 0 Å². The van der Waals surface area contributed by atoms with Crippen molar-refractivity contribution in [2.45, 2.75) is 64.9 Å². The van der Waals surface area contributed by atoms with E-state index in [9.17, 15) is 4.79 Å². The molecule has 1 fully saturated rings. The molecule has 0 spiro atoms. The number of carbonyl (C=O) groups is 1.